The first-order valence-electron chi connectivity index (χ1n) is 4.74. The van der Waals surface area contributed by atoms with E-state index in [2.05, 4.69) is 25.7 Å². The van der Waals surface area contributed by atoms with Gasteiger partial charge < -0.3 is 5.32 Å². The molecule has 0 saturated carbocycles. The average molecular weight is 207 g/mol. The van der Waals surface area contributed by atoms with Crippen molar-refractivity contribution in [1.82, 2.24) is 35.1 Å². The number of hydrogen-bond acceptors (Lipinski definition) is 5. The first-order chi connectivity index (χ1) is 7.38. The monoisotopic (exact) mass is 207 g/mol. The van der Waals surface area contributed by atoms with Gasteiger partial charge in [0.1, 0.15) is 12.7 Å². The Hall–Kier alpha value is -1.76. The van der Waals surface area contributed by atoms with Gasteiger partial charge in [-0.05, 0) is 7.05 Å². The molecule has 0 aromatic carbocycles. The maximum Gasteiger partial charge on any atom is 0.137 e. The van der Waals surface area contributed by atoms with Gasteiger partial charge in [0.15, 0.2) is 0 Å². The van der Waals surface area contributed by atoms with E-state index in [9.17, 15) is 0 Å². The molecule has 0 bridgehead atoms. The van der Waals surface area contributed by atoms with Crippen molar-refractivity contribution in [1.29, 1.82) is 0 Å². The maximum atomic E-state index is 4.01. The Morgan fingerprint density at radius 3 is 2.93 bits per heavy atom. The van der Waals surface area contributed by atoms with Crippen LogP contribution >= 0.6 is 0 Å². The first kappa shape index (κ1) is 9.78. The van der Waals surface area contributed by atoms with Crippen molar-refractivity contribution in [2.24, 2.45) is 0 Å². The third-order valence-electron chi connectivity index (χ3n) is 1.97. The summed E-state index contributed by atoms with van der Waals surface area (Å²) in [5, 5.41) is 15.0. The molecule has 0 amide bonds. The molecule has 7 heteroatoms. The fourth-order valence-corrected chi connectivity index (χ4v) is 1.26. The maximum absolute atomic E-state index is 4.01. The minimum Gasteiger partial charge on any atom is -0.314 e. The summed E-state index contributed by atoms with van der Waals surface area (Å²) in [6.45, 7) is 2.24. The van der Waals surface area contributed by atoms with Crippen LogP contribution in [0.2, 0.25) is 0 Å². The van der Waals surface area contributed by atoms with Crippen molar-refractivity contribution in [3.05, 3.63) is 24.5 Å². The lowest BCUT2D eigenvalue weighted by atomic mass is 10.5. The van der Waals surface area contributed by atoms with Gasteiger partial charge in [0.2, 0.25) is 0 Å². The molecule has 1 N–H and O–H groups in total. The molecule has 0 fully saturated rings. The van der Waals surface area contributed by atoms with Crippen LogP contribution in [-0.4, -0.2) is 36.8 Å². The number of hydrogen-bond donors (Lipinski definition) is 1. The van der Waals surface area contributed by atoms with Gasteiger partial charge in [-0.15, -0.1) is 5.10 Å². The molecule has 0 aliphatic heterocycles. The Kier molecular flexibility index (Phi) is 3.03. The summed E-state index contributed by atoms with van der Waals surface area (Å²) in [6.07, 6.45) is 5.13. The first-order valence-corrected chi connectivity index (χ1v) is 4.74. The normalized spacial score (nSPS) is 10.7. The molecule has 0 radical (unpaired) electrons. The molecule has 0 atom stereocenters. The van der Waals surface area contributed by atoms with Crippen LogP contribution in [0.25, 0.3) is 0 Å². The Labute approximate surface area is 87.1 Å². The largest absolute Gasteiger partial charge is 0.314 e. The van der Waals surface area contributed by atoms with Crippen LogP contribution in [0.4, 0.5) is 0 Å². The van der Waals surface area contributed by atoms with Gasteiger partial charge in [0.05, 0.1) is 18.8 Å². The molecule has 0 unspecified atom stereocenters. The molecule has 0 saturated heterocycles. The summed E-state index contributed by atoms with van der Waals surface area (Å²) in [7, 11) is 1.88. The summed E-state index contributed by atoms with van der Waals surface area (Å²) in [6, 6.07) is 0. The predicted octanol–water partition coefficient (Wildman–Crippen LogP) is -0.711. The van der Waals surface area contributed by atoms with E-state index in [1.807, 2.05) is 13.2 Å². The molecule has 0 spiro atoms. The van der Waals surface area contributed by atoms with Crippen LogP contribution < -0.4 is 5.32 Å². The molecule has 7 nitrogen and oxygen atoms in total. The lowest BCUT2D eigenvalue weighted by Crippen LogP contribution is -2.08. The number of aromatic nitrogens is 6. The summed E-state index contributed by atoms with van der Waals surface area (Å²) in [5.41, 5.74) is 0.941. The molecule has 2 heterocycles. The zero-order valence-corrected chi connectivity index (χ0v) is 8.54. The molecule has 2 aromatic rings. The SMILES string of the molecule is CNCc1cn(CCn2cncn2)nn1. The average Bonchev–Trinajstić information content (AvgIpc) is 2.85. The fraction of sp³-hybridized carbons (Fsp3) is 0.500. The van der Waals surface area contributed by atoms with Gasteiger partial charge >= 0.3 is 0 Å². The van der Waals surface area contributed by atoms with Gasteiger partial charge in [-0.1, -0.05) is 5.21 Å². The van der Waals surface area contributed by atoms with Gasteiger partial charge in [0.25, 0.3) is 0 Å². The highest BCUT2D eigenvalue weighted by Gasteiger charge is 1.99. The summed E-state index contributed by atoms with van der Waals surface area (Å²) >= 11 is 0. The third-order valence-corrected chi connectivity index (χ3v) is 1.97. The number of nitrogens with one attached hydrogen (secondary N) is 1. The number of nitrogens with zero attached hydrogens (tertiary/aromatic N) is 6. The van der Waals surface area contributed by atoms with E-state index in [4.69, 9.17) is 0 Å². The lowest BCUT2D eigenvalue weighted by Gasteiger charge is -1.99. The summed E-state index contributed by atoms with van der Waals surface area (Å²) < 4.78 is 3.56. The fourth-order valence-electron chi connectivity index (χ4n) is 1.26. The van der Waals surface area contributed by atoms with Crippen LogP contribution in [0.3, 0.4) is 0 Å². The lowest BCUT2D eigenvalue weighted by molar-refractivity contribution is 0.489. The van der Waals surface area contributed by atoms with Crippen molar-refractivity contribution in [2.45, 2.75) is 19.6 Å². The van der Waals surface area contributed by atoms with Crippen molar-refractivity contribution in [3.8, 4) is 0 Å². The number of aryl methyl sites for hydroxylation is 2. The smallest absolute Gasteiger partial charge is 0.137 e. The molecule has 2 rings (SSSR count). The molecule has 2 aromatic heterocycles. The van der Waals surface area contributed by atoms with E-state index >= 15 is 0 Å². The molecule has 80 valence electrons. The highest BCUT2D eigenvalue weighted by molar-refractivity contribution is 4.90. The second-order valence-corrected chi connectivity index (χ2v) is 3.16. The Morgan fingerprint density at radius 1 is 1.33 bits per heavy atom. The zero-order valence-electron chi connectivity index (χ0n) is 8.54. The van der Waals surface area contributed by atoms with Crippen LogP contribution in [0, 0.1) is 0 Å². The van der Waals surface area contributed by atoms with Gasteiger partial charge in [-0.2, -0.15) is 5.10 Å². The Bertz CT molecular complexity index is 391. The van der Waals surface area contributed by atoms with E-state index in [0.29, 0.717) is 0 Å². The Morgan fingerprint density at radius 2 is 2.20 bits per heavy atom. The van der Waals surface area contributed by atoms with E-state index in [1.54, 1.807) is 15.7 Å². The van der Waals surface area contributed by atoms with Crippen molar-refractivity contribution >= 4 is 0 Å². The standard InChI is InChI=1S/C8H13N7/c1-9-4-8-5-14(13-12-8)2-3-15-7-10-6-11-15/h5-7,9H,2-4H2,1H3. The molecule has 15 heavy (non-hydrogen) atoms. The molecule has 0 aliphatic rings. The van der Waals surface area contributed by atoms with Crippen molar-refractivity contribution in [3.63, 3.8) is 0 Å². The Balaban J connectivity index is 1.88. The third kappa shape index (κ3) is 2.59. The second kappa shape index (κ2) is 4.65. The molecule has 0 aliphatic carbocycles. The highest BCUT2D eigenvalue weighted by atomic mass is 15.4. The van der Waals surface area contributed by atoms with E-state index in [1.165, 1.54) is 6.33 Å². The highest BCUT2D eigenvalue weighted by Crippen LogP contribution is 1.93. The van der Waals surface area contributed by atoms with Gasteiger partial charge in [-0.25, -0.2) is 4.98 Å². The minimum absolute atomic E-state index is 0.739. The summed E-state index contributed by atoms with van der Waals surface area (Å²) in [4.78, 5) is 3.87. The van der Waals surface area contributed by atoms with E-state index in [0.717, 1.165) is 25.3 Å². The van der Waals surface area contributed by atoms with E-state index < -0.39 is 0 Å². The van der Waals surface area contributed by atoms with Crippen molar-refractivity contribution < 1.29 is 0 Å². The predicted molar refractivity (Wildman–Crippen MR) is 52.8 cm³/mol. The van der Waals surface area contributed by atoms with Gasteiger partial charge in [-0.3, -0.25) is 9.36 Å². The minimum atomic E-state index is 0.739. The second-order valence-electron chi connectivity index (χ2n) is 3.16. The van der Waals surface area contributed by atoms with Crippen LogP contribution in [0.1, 0.15) is 5.69 Å². The van der Waals surface area contributed by atoms with Crippen molar-refractivity contribution in [2.75, 3.05) is 7.05 Å². The van der Waals surface area contributed by atoms with Crippen LogP contribution in [0.15, 0.2) is 18.9 Å². The topological polar surface area (TPSA) is 73.5 Å². The van der Waals surface area contributed by atoms with Crippen LogP contribution in [-0.2, 0) is 19.6 Å². The number of rotatable bonds is 5. The van der Waals surface area contributed by atoms with E-state index in [-0.39, 0.29) is 0 Å². The zero-order chi connectivity index (χ0) is 10.5. The molecular formula is C8H13N7. The van der Waals surface area contributed by atoms with Gasteiger partial charge in [0, 0.05) is 12.7 Å². The molecular weight excluding hydrogens is 194 g/mol. The quantitative estimate of drug-likeness (QED) is 0.701. The summed E-state index contributed by atoms with van der Waals surface area (Å²) in [5.74, 6) is 0. The van der Waals surface area contributed by atoms with Crippen LogP contribution in [0.5, 0.6) is 0 Å².